The number of methoxy groups -OCH3 is 1. The monoisotopic (exact) mass is 254 g/mol. The highest BCUT2D eigenvalue weighted by atomic mass is 16.6. The van der Waals surface area contributed by atoms with Crippen LogP contribution in [0.15, 0.2) is 12.1 Å². The molecule has 18 heavy (non-hydrogen) atoms. The summed E-state index contributed by atoms with van der Waals surface area (Å²) in [5.74, 6) is 0.522. The number of nitrogens with one attached hydrogen (secondary N) is 1. The van der Waals surface area contributed by atoms with E-state index in [1.165, 1.54) is 13.2 Å². The number of ether oxygens (including phenoxy) is 2. The standard InChI is InChI=1S/C12H18N2O4/c1-5-18-12-10(14(15)16)6-9(13-8(2)3)7-11(12)17-4/h6-8,13H,5H2,1-4H3. The van der Waals surface area contributed by atoms with Gasteiger partial charge in [0, 0.05) is 23.9 Å². The molecule has 6 heteroatoms. The van der Waals surface area contributed by atoms with E-state index in [-0.39, 0.29) is 17.5 Å². The summed E-state index contributed by atoms with van der Waals surface area (Å²) >= 11 is 0. The minimum atomic E-state index is -0.473. The fourth-order valence-electron chi connectivity index (χ4n) is 1.58. The zero-order valence-electron chi connectivity index (χ0n) is 11.0. The van der Waals surface area contributed by atoms with Gasteiger partial charge < -0.3 is 14.8 Å². The molecule has 0 unspecified atom stereocenters. The van der Waals surface area contributed by atoms with Crippen molar-refractivity contribution in [1.82, 2.24) is 0 Å². The highest BCUT2D eigenvalue weighted by Crippen LogP contribution is 2.40. The molecule has 0 radical (unpaired) electrons. The van der Waals surface area contributed by atoms with Crippen LogP contribution in [0.1, 0.15) is 20.8 Å². The molecule has 1 N–H and O–H groups in total. The van der Waals surface area contributed by atoms with Gasteiger partial charge in [-0.2, -0.15) is 0 Å². The Bertz CT molecular complexity index is 432. The highest BCUT2D eigenvalue weighted by molar-refractivity contribution is 5.66. The van der Waals surface area contributed by atoms with Crippen molar-refractivity contribution in [1.29, 1.82) is 0 Å². The second-order valence-corrected chi connectivity index (χ2v) is 4.02. The number of benzene rings is 1. The Kier molecular flexibility index (Phi) is 4.76. The van der Waals surface area contributed by atoms with Crippen molar-refractivity contribution in [3.05, 3.63) is 22.2 Å². The molecule has 1 aromatic rings. The third-order valence-corrected chi connectivity index (χ3v) is 2.20. The maximum absolute atomic E-state index is 11.0. The average Bonchev–Trinajstić information content (AvgIpc) is 2.29. The van der Waals surface area contributed by atoms with E-state index in [9.17, 15) is 10.1 Å². The first-order valence-corrected chi connectivity index (χ1v) is 5.75. The van der Waals surface area contributed by atoms with E-state index in [1.807, 2.05) is 13.8 Å². The first-order valence-electron chi connectivity index (χ1n) is 5.75. The zero-order chi connectivity index (χ0) is 13.7. The van der Waals surface area contributed by atoms with Gasteiger partial charge in [-0.25, -0.2) is 0 Å². The maximum atomic E-state index is 11.0. The van der Waals surface area contributed by atoms with Crippen LogP contribution in [0.5, 0.6) is 11.5 Å². The molecule has 0 aliphatic heterocycles. The largest absolute Gasteiger partial charge is 0.493 e. The van der Waals surface area contributed by atoms with Crippen molar-refractivity contribution in [2.45, 2.75) is 26.8 Å². The summed E-state index contributed by atoms with van der Waals surface area (Å²) in [6.07, 6.45) is 0. The average molecular weight is 254 g/mol. The Morgan fingerprint density at radius 3 is 2.56 bits per heavy atom. The van der Waals surface area contributed by atoms with Gasteiger partial charge in [0.15, 0.2) is 5.75 Å². The first kappa shape index (κ1) is 14.1. The number of anilines is 1. The lowest BCUT2D eigenvalue weighted by atomic mass is 10.2. The van der Waals surface area contributed by atoms with Crippen LogP contribution in [0.4, 0.5) is 11.4 Å². The summed E-state index contributed by atoms with van der Waals surface area (Å²) in [5.41, 5.74) is 0.538. The second kappa shape index (κ2) is 6.09. The van der Waals surface area contributed by atoms with E-state index >= 15 is 0 Å². The molecular formula is C12H18N2O4. The van der Waals surface area contributed by atoms with Crippen LogP contribution in [0.2, 0.25) is 0 Å². The van der Waals surface area contributed by atoms with Crippen LogP contribution in [-0.4, -0.2) is 24.7 Å². The summed E-state index contributed by atoms with van der Waals surface area (Å²) in [5, 5.41) is 14.1. The van der Waals surface area contributed by atoms with E-state index in [0.717, 1.165) is 0 Å². The number of nitro benzene ring substituents is 1. The maximum Gasteiger partial charge on any atom is 0.316 e. The molecule has 0 spiro atoms. The molecular weight excluding hydrogens is 236 g/mol. The van der Waals surface area contributed by atoms with E-state index in [1.54, 1.807) is 13.0 Å². The Balaban J connectivity index is 3.28. The van der Waals surface area contributed by atoms with Crippen LogP contribution in [-0.2, 0) is 0 Å². The Labute approximate surface area is 106 Å². The minimum Gasteiger partial charge on any atom is -0.493 e. The molecule has 0 aromatic heterocycles. The lowest BCUT2D eigenvalue weighted by molar-refractivity contribution is -0.385. The summed E-state index contributed by atoms with van der Waals surface area (Å²) in [6.45, 7) is 6.02. The number of hydrogen-bond acceptors (Lipinski definition) is 5. The molecule has 6 nitrogen and oxygen atoms in total. The SMILES string of the molecule is CCOc1c(OC)cc(NC(C)C)cc1[N+](=O)[O-]. The number of nitrogens with zero attached hydrogens (tertiary/aromatic N) is 1. The van der Waals surface area contributed by atoms with E-state index in [0.29, 0.717) is 18.0 Å². The number of hydrogen-bond donors (Lipinski definition) is 1. The van der Waals surface area contributed by atoms with Crippen molar-refractivity contribution in [2.75, 3.05) is 19.0 Å². The second-order valence-electron chi connectivity index (χ2n) is 4.02. The predicted molar refractivity (Wildman–Crippen MR) is 69.6 cm³/mol. The Morgan fingerprint density at radius 2 is 2.11 bits per heavy atom. The predicted octanol–water partition coefficient (Wildman–Crippen LogP) is 2.82. The molecule has 0 fully saturated rings. The fourth-order valence-corrected chi connectivity index (χ4v) is 1.58. The van der Waals surface area contributed by atoms with Crippen LogP contribution in [0, 0.1) is 10.1 Å². The van der Waals surface area contributed by atoms with Crippen molar-refractivity contribution in [2.24, 2.45) is 0 Å². The third-order valence-electron chi connectivity index (χ3n) is 2.20. The van der Waals surface area contributed by atoms with Gasteiger partial charge in [0.2, 0.25) is 5.75 Å². The topological polar surface area (TPSA) is 73.6 Å². The van der Waals surface area contributed by atoms with Gasteiger partial charge in [-0.15, -0.1) is 0 Å². The zero-order valence-corrected chi connectivity index (χ0v) is 11.0. The molecule has 0 aliphatic rings. The van der Waals surface area contributed by atoms with Crippen LogP contribution >= 0.6 is 0 Å². The lowest BCUT2D eigenvalue weighted by Gasteiger charge is -2.14. The molecule has 0 atom stereocenters. The van der Waals surface area contributed by atoms with Gasteiger partial charge in [0.25, 0.3) is 0 Å². The van der Waals surface area contributed by atoms with Crippen LogP contribution in [0.3, 0.4) is 0 Å². The molecule has 0 bridgehead atoms. The third kappa shape index (κ3) is 3.26. The van der Waals surface area contributed by atoms with E-state index in [4.69, 9.17) is 9.47 Å². The molecule has 0 aliphatic carbocycles. The highest BCUT2D eigenvalue weighted by Gasteiger charge is 2.22. The number of rotatable bonds is 6. The van der Waals surface area contributed by atoms with E-state index < -0.39 is 4.92 Å². The smallest absolute Gasteiger partial charge is 0.316 e. The number of nitro groups is 1. The molecule has 1 rings (SSSR count). The molecule has 100 valence electrons. The Morgan fingerprint density at radius 1 is 1.44 bits per heavy atom. The molecule has 0 saturated heterocycles. The summed E-state index contributed by atoms with van der Waals surface area (Å²) in [7, 11) is 1.46. The first-order chi connectivity index (χ1) is 8.49. The Hall–Kier alpha value is -1.98. The summed E-state index contributed by atoms with van der Waals surface area (Å²) < 4.78 is 10.4. The van der Waals surface area contributed by atoms with Gasteiger partial charge in [-0.3, -0.25) is 10.1 Å². The molecule has 1 aromatic carbocycles. The molecule has 0 amide bonds. The van der Waals surface area contributed by atoms with Crippen LogP contribution < -0.4 is 14.8 Å². The van der Waals surface area contributed by atoms with Gasteiger partial charge in [0.05, 0.1) is 18.6 Å². The minimum absolute atomic E-state index is 0.0978. The van der Waals surface area contributed by atoms with Crippen molar-refractivity contribution in [3.8, 4) is 11.5 Å². The molecule has 0 saturated carbocycles. The van der Waals surface area contributed by atoms with Gasteiger partial charge in [-0.1, -0.05) is 0 Å². The van der Waals surface area contributed by atoms with Crippen molar-refractivity contribution >= 4 is 11.4 Å². The van der Waals surface area contributed by atoms with Gasteiger partial charge >= 0.3 is 5.69 Å². The van der Waals surface area contributed by atoms with Crippen molar-refractivity contribution in [3.63, 3.8) is 0 Å². The summed E-state index contributed by atoms with van der Waals surface area (Å²) in [6, 6.07) is 3.32. The van der Waals surface area contributed by atoms with Crippen molar-refractivity contribution < 1.29 is 14.4 Å². The van der Waals surface area contributed by atoms with E-state index in [2.05, 4.69) is 5.32 Å². The summed E-state index contributed by atoms with van der Waals surface area (Å²) in [4.78, 5) is 10.6. The normalized spacial score (nSPS) is 10.3. The fraction of sp³-hybridized carbons (Fsp3) is 0.500. The van der Waals surface area contributed by atoms with Gasteiger partial charge in [0.1, 0.15) is 0 Å². The van der Waals surface area contributed by atoms with Gasteiger partial charge in [-0.05, 0) is 20.8 Å². The lowest BCUT2D eigenvalue weighted by Crippen LogP contribution is -2.10. The quantitative estimate of drug-likeness (QED) is 0.624. The van der Waals surface area contributed by atoms with Crippen LogP contribution in [0.25, 0.3) is 0 Å². The molecule has 0 heterocycles.